The Morgan fingerprint density at radius 3 is 2.83 bits per heavy atom. The van der Waals surface area contributed by atoms with Gasteiger partial charge in [0.25, 0.3) is 0 Å². The maximum absolute atomic E-state index is 11.9. The van der Waals surface area contributed by atoms with Crippen molar-refractivity contribution in [3.63, 3.8) is 0 Å². The molecule has 5 nitrogen and oxygen atoms in total. The normalized spacial score (nSPS) is 11.3. The minimum absolute atomic E-state index is 0.0461. The quantitative estimate of drug-likeness (QED) is 0.791. The third kappa shape index (κ3) is 2.92. The van der Waals surface area contributed by atoms with Crippen LogP contribution in [-0.2, 0) is 13.1 Å². The zero-order valence-electron chi connectivity index (χ0n) is 10.8. The van der Waals surface area contributed by atoms with Gasteiger partial charge in [-0.1, -0.05) is 0 Å². The molecule has 2 rings (SSSR count). The van der Waals surface area contributed by atoms with E-state index in [0.717, 1.165) is 12.3 Å². The standard InChI is InChI=1S/C13H19N3O2/c1-11(2)16-8-7-15(13(16)17)6-5-14-10-12-4-3-9-18-12/h3-4,7-9,11,14H,5-6,10H2,1-2H3. The Morgan fingerprint density at radius 1 is 1.39 bits per heavy atom. The first-order valence-corrected chi connectivity index (χ1v) is 6.19. The first-order chi connectivity index (χ1) is 8.68. The van der Waals surface area contributed by atoms with Crippen molar-refractivity contribution in [1.82, 2.24) is 14.5 Å². The lowest BCUT2D eigenvalue weighted by Gasteiger charge is -2.05. The zero-order valence-corrected chi connectivity index (χ0v) is 10.8. The average Bonchev–Trinajstić information content (AvgIpc) is 2.95. The highest BCUT2D eigenvalue weighted by atomic mass is 16.3. The van der Waals surface area contributed by atoms with Crippen LogP contribution in [0.3, 0.4) is 0 Å². The first-order valence-electron chi connectivity index (χ1n) is 6.19. The molecule has 0 amide bonds. The van der Waals surface area contributed by atoms with Crippen molar-refractivity contribution in [2.45, 2.75) is 33.0 Å². The van der Waals surface area contributed by atoms with Crippen LogP contribution in [0.15, 0.2) is 40.0 Å². The lowest BCUT2D eigenvalue weighted by Crippen LogP contribution is -2.29. The number of nitrogens with zero attached hydrogens (tertiary/aromatic N) is 2. The second kappa shape index (κ2) is 5.73. The lowest BCUT2D eigenvalue weighted by molar-refractivity contribution is 0.472. The summed E-state index contributed by atoms with van der Waals surface area (Å²) >= 11 is 0. The Morgan fingerprint density at radius 2 is 2.22 bits per heavy atom. The summed E-state index contributed by atoms with van der Waals surface area (Å²) < 4.78 is 8.66. The van der Waals surface area contributed by atoms with Crippen LogP contribution in [0.4, 0.5) is 0 Å². The van der Waals surface area contributed by atoms with E-state index in [-0.39, 0.29) is 11.7 Å². The molecule has 0 atom stereocenters. The monoisotopic (exact) mass is 249 g/mol. The summed E-state index contributed by atoms with van der Waals surface area (Å²) in [6.45, 7) is 6.09. The van der Waals surface area contributed by atoms with Gasteiger partial charge >= 0.3 is 5.69 Å². The molecule has 18 heavy (non-hydrogen) atoms. The molecule has 2 heterocycles. The molecule has 0 radical (unpaired) electrons. The maximum atomic E-state index is 11.9. The minimum Gasteiger partial charge on any atom is -0.468 e. The van der Waals surface area contributed by atoms with Crippen LogP contribution in [0.2, 0.25) is 0 Å². The van der Waals surface area contributed by atoms with Crippen LogP contribution in [0, 0.1) is 0 Å². The largest absolute Gasteiger partial charge is 0.468 e. The molecular weight excluding hydrogens is 230 g/mol. The number of hydrogen-bond donors (Lipinski definition) is 1. The van der Waals surface area contributed by atoms with Gasteiger partial charge in [0.1, 0.15) is 5.76 Å². The predicted octanol–water partition coefficient (Wildman–Crippen LogP) is 1.61. The summed E-state index contributed by atoms with van der Waals surface area (Å²) in [5, 5.41) is 3.24. The topological polar surface area (TPSA) is 52.1 Å². The summed E-state index contributed by atoms with van der Waals surface area (Å²) in [4.78, 5) is 11.9. The van der Waals surface area contributed by atoms with Gasteiger partial charge in [-0.25, -0.2) is 4.79 Å². The van der Waals surface area contributed by atoms with Gasteiger partial charge in [0.15, 0.2) is 0 Å². The van der Waals surface area contributed by atoms with Crippen molar-refractivity contribution < 1.29 is 4.42 Å². The Bertz CT molecular complexity index is 523. The van der Waals surface area contributed by atoms with Gasteiger partial charge in [0, 0.05) is 31.5 Å². The summed E-state index contributed by atoms with van der Waals surface area (Å²) in [7, 11) is 0. The van der Waals surface area contributed by atoms with Crippen LogP contribution in [-0.4, -0.2) is 15.7 Å². The van der Waals surface area contributed by atoms with Crippen LogP contribution < -0.4 is 11.0 Å². The molecule has 2 aromatic rings. The summed E-state index contributed by atoms with van der Waals surface area (Å²) in [6.07, 6.45) is 5.32. The number of rotatable bonds is 6. The highest BCUT2D eigenvalue weighted by Gasteiger charge is 2.05. The van der Waals surface area contributed by atoms with Crippen molar-refractivity contribution >= 4 is 0 Å². The highest BCUT2D eigenvalue weighted by Crippen LogP contribution is 1.99. The molecule has 0 saturated heterocycles. The van der Waals surface area contributed by atoms with E-state index in [2.05, 4.69) is 5.32 Å². The van der Waals surface area contributed by atoms with Crippen LogP contribution in [0.25, 0.3) is 0 Å². The van der Waals surface area contributed by atoms with Crippen LogP contribution in [0.5, 0.6) is 0 Å². The van der Waals surface area contributed by atoms with Gasteiger partial charge in [-0.3, -0.25) is 9.13 Å². The van der Waals surface area contributed by atoms with E-state index in [1.54, 1.807) is 15.4 Å². The third-order valence-corrected chi connectivity index (χ3v) is 2.84. The van der Waals surface area contributed by atoms with Gasteiger partial charge in [-0.05, 0) is 26.0 Å². The molecule has 0 bridgehead atoms. The number of furan rings is 1. The minimum atomic E-state index is 0.0461. The molecule has 5 heteroatoms. The molecule has 1 N–H and O–H groups in total. The fourth-order valence-corrected chi connectivity index (χ4v) is 1.82. The van der Waals surface area contributed by atoms with E-state index in [4.69, 9.17) is 4.42 Å². The smallest absolute Gasteiger partial charge is 0.328 e. The van der Waals surface area contributed by atoms with E-state index in [0.29, 0.717) is 13.1 Å². The fraction of sp³-hybridized carbons (Fsp3) is 0.462. The summed E-state index contributed by atoms with van der Waals surface area (Å²) in [5.74, 6) is 0.905. The molecule has 0 unspecified atom stereocenters. The molecule has 0 aliphatic heterocycles. The lowest BCUT2D eigenvalue weighted by atomic mass is 10.4. The van der Waals surface area contributed by atoms with Crippen LogP contribution in [0.1, 0.15) is 25.6 Å². The van der Waals surface area contributed by atoms with Gasteiger partial charge in [0.2, 0.25) is 0 Å². The molecular formula is C13H19N3O2. The van der Waals surface area contributed by atoms with Gasteiger partial charge in [0.05, 0.1) is 12.8 Å². The molecule has 0 fully saturated rings. The number of aromatic nitrogens is 2. The molecule has 0 spiro atoms. The van der Waals surface area contributed by atoms with Gasteiger partial charge in [-0.15, -0.1) is 0 Å². The molecule has 0 saturated carbocycles. The number of hydrogen-bond acceptors (Lipinski definition) is 3. The van der Waals surface area contributed by atoms with E-state index >= 15 is 0 Å². The van der Waals surface area contributed by atoms with E-state index in [9.17, 15) is 4.79 Å². The average molecular weight is 249 g/mol. The van der Waals surface area contributed by atoms with Crippen molar-refractivity contribution in [3.05, 3.63) is 47.0 Å². The Kier molecular flexibility index (Phi) is 4.04. The highest BCUT2D eigenvalue weighted by molar-refractivity contribution is 4.97. The van der Waals surface area contributed by atoms with Crippen molar-refractivity contribution in [2.75, 3.05) is 6.54 Å². The molecule has 0 aliphatic carbocycles. The molecule has 98 valence electrons. The Labute approximate surface area is 106 Å². The first kappa shape index (κ1) is 12.7. The Hall–Kier alpha value is -1.75. The third-order valence-electron chi connectivity index (χ3n) is 2.84. The second-order valence-corrected chi connectivity index (χ2v) is 4.53. The molecule has 2 aromatic heterocycles. The summed E-state index contributed by atoms with van der Waals surface area (Å²) in [6, 6.07) is 3.99. The van der Waals surface area contributed by atoms with Crippen molar-refractivity contribution in [2.24, 2.45) is 0 Å². The zero-order chi connectivity index (χ0) is 13.0. The summed E-state index contributed by atoms with van der Waals surface area (Å²) in [5.41, 5.74) is 0.0461. The van der Waals surface area contributed by atoms with Crippen LogP contribution >= 0.6 is 0 Å². The SMILES string of the molecule is CC(C)n1ccn(CCNCc2ccco2)c1=O. The Balaban J connectivity index is 1.82. The van der Waals surface area contributed by atoms with Crippen molar-refractivity contribution in [3.8, 4) is 0 Å². The molecule has 0 aromatic carbocycles. The van der Waals surface area contributed by atoms with E-state index in [1.165, 1.54) is 0 Å². The van der Waals surface area contributed by atoms with Gasteiger partial charge < -0.3 is 9.73 Å². The van der Waals surface area contributed by atoms with E-state index < -0.39 is 0 Å². The predicted molar refractivity (Wildman–Crippen MR) is 69.5 cm³/mol. The second-order valence-electron chi connectivity index (χ2n) is 4.53. The van der Waals surface area contributed by atoms with E-state index in [1.807, 2.05) is 38.4 Å². The molecule has 0 aliphatic rings. The number of nitrogens with one attached hydrogen (secondary N) is 1. The van der Waals surface area contributed by atoms with Gasteiger partial charge in [-0.2, -0.15) is 0 Å². The fourth-order valence-electron chi connectivity index (χ4n) is 1.82. The van der Waals surface area contributed by atoms with Crippen molar-refractivity contribution in [1.29, 1.82) is 0 Å². The number of imidazole rings is 1. The maximum Gasteiger partial charge on any atom is 0.328 e.